The van der Waals surface area contributed by atoms with Gasteiger partial charge in [0.2, 0.25) is 0 Å². The van der Waals surface area contributed by atoms with Gasteiger partial charge in [-0.1, -0.05) is 49.7 Å². The molecule has 0 radical (unpaired) electrons. The minimum atomic E-state index is 0.799. The number of fused-ring (bicyclic) bond motifs is 1. The van der Waals surface area contributed by atoms with E-state index in [4.69, 9.17) is 4.74 Å². The largest absolute Gasteiger partial charge is 0.457 e. The van der Waals surface area contributed by atoms with Crippen LogP contribution in [-0.2, 0) is 13.0 Å². The Balaban J connectivity index is 1.41. The molecule has 0 aliphatic carbocycles. The molecule has 1 heterocycles. The first-order valence-corrected chi connectivity index (χ1v) is 9.57. The third-order valence-electron chi connectivity index (χ3n) is 4.78. The number of ether oxygens (including phenoxy) is 1. The molecule has 3 heteroatoms. The lowest BCUT2D eigenvalue weighted by Crippen LogP contribution is -1.97. The minimum absolute atomic E-state index is 0.799. The van der Waals surface area contributed by atoms with Crippen LogP contribution in [0.2, 0.25) is 0 Å². The van der Waals surface area contributed by atoms with Crippen LogP contribution >= 0.6 is 0 Å². The molecule has 0 bridgehead atoms. The Bertz CT molecular complexity index is 1000. The molecule has 0 N–H and O–H groups in total. The van der Waals surface area contributed by atoms with Crippen LogP contribution in [0, 0.1) is 0 Å². The number of imidazole rings is 1. The van der Waals surface area contributed by atoms with Crippen molar-refractivity contribution in [2.24, 2.45) is 0 Å². The predicted octanol–water partition coefficient (Wildman–Crippen LogP) is 6.22. The van der Waals surface area contributed by atoms with E-state index in [1.165, 1.54) is 24.0 Å². The quantitative estimate of drug-likeness (QED) is 0.393. The van der Waals surface area contributed by atoms with Crippen LogP contribution in [-0.4, -0.2) is 9.55 Å². The number of para-hydroxylation sites is 2. The number of nitrogens with zero attached hydrogens (tertiary/aromatic N) is 2. The van der Waals surface area contributed by atoms with Crippen LogP contribution in [0.25, 0.3) is 11.0 Å². The second-order valence-corrected chi connectivity index (χ2v) is 6.85. The smallest absolute Gasteiger partial charge is 0.127 e. The third kappa shape index (κ3) is 4.20. The van der Waals surface area contributed by atoms with Gasteiger partial charge in [-0.3, -0.25) is 0 Å². The Labute approximate surface area is 160 Å². The zero-order chi connectivity index (χ0) is 18.5. The average molecular weight is 356 g/mol. The fourth-order valence-electron chi connectivity index (χ4n) is 3.24. The topological polar surface area (TPSA) is 27.1 Å². The van der Waals surface area contributed by atoms with Crippen molar-refractivity contribution in [3.8, 4) is 11.5 Å². The molecule has 136 valence electrons. The Hall–Kier alpha value is -3.07. The summed E-state index contributed by atoms with van der Waals surface area (Å²) in [6.45, 7) is 3.02. The van der Waals surface area contributed by atoms with E-state index >= 15 is 0 Å². The SMILES string of the molecule is CCCCc1ccc(Oc2ccc(Cn3cnc4ccccc43)cc2)cc1. The van der Waals surface area contributed by atoms with Gasteiger partial charge in [-0.05, 0) is 60.4 Å². The zero-order valence-electron chi connectivity index (χ0n) is 15.6. The highest BCUT2D eigenvalue weighted by atomic mass is 16.5. The fraction of sp³-hybridized carbons (Fsp3) is 0.208. The Morgan fingerprint density at radius 2 is 1.48 bits per heavy atom. The van der Waals surface area contributed by atoms with Crippen molar-refractivity contribution >= 4 is 11.0 Å². The van der Waals surface area contributed by atoms with Crippen LogP contribution in [0.15, 0.2) is 79.1 Å². The van der Waals surface area contributed by atoms with Gasteiger partial charge in [0.1, 0.15) is 11.5 Å². The van der Waals surface area contributed by atoms with Gasteiger partial charge in [0.05, 0.1) is 17.4 Å². The zero-order valence-corrected chi connectivity index (χ0v) is 15.6. The lowest BCUT2D eigenvalue weighted by Gasteiger charge is -2.09. The number of hydrogen-bond donors (Lipinski definition) is 0. The summed E-state index contributed by atoms with van der Waals surface area (Å²) in [4.78, 5) is 4.45. The molecule has 0 unspecified atom stereocenters. The molecule has 4 rings (SSSR count). The van der Waals surface area contributed by atoms with E-state index in [1.807, 2.05) is 36.7 Å². The van der Waals surface area contributed by atoms with Gasteiger partial charge in [0.15, 0.2) is 0 Å². The van der Waals surface area contributed by atoms with Crippen molar-refractivity contribution < 1.29 is 4.74 Å². The first-order chi connectivity index (χ1) is 13.3. The van der Waals surface area contributed by atoms with Crippen LogP contribution in [0.4, 0.5) is 0 Å². The Morgan fingerprint density at radius 1 is 0.815 bits per heavy atom. The highest BCUT2D eigenvalue weighted by Gasteiger charge is 2.03. The van der Waals surface area contributed by atoms with Crippen molar-refractivity contribution in [3.63, 3.8) is 0 Å². The number of rotatable bonds is 7. The molecule has 0 spiro atoms. The first-order valence-electron chi connectivity index (χ1n) is 9.57. The molecule has 0 atom stereocenters. The first kappa shape index (κ1) is 17.3. The molecule has 3 nitrogen and oxygen atoms in total. The van der Waals surface area contributed by atoms with Gasteiger partial charge < -0.3 is 9.30 Å². The van der Waals surface area contributed by atoms with E-state index in [9.17, 15) is 0 Å². The maximum absolute atomic E-state index is 5.98. The number of benzene rings is 3. The normalized spacial score (nSPS) is 11.0. The van der Waals surface area contributed by atoms with Crippen molar-refractivity contribution in [3.05, 3.63) is 90.3 Å². The summed E-state index contributed by atoms with van der Waals surface area (Å²) in [6, 6.07) is 24.9. The Kier molecular flexibility index (Phi) is 5.20. The molecule has 0 aliphatic heterocycles. The highest BCUT2D eigenvalue weighted by molar-refractivity contribution is 5.75. The highest BCUT2D eigenvalue weighted by Crippen LogP contribution is 2.23. The second kappa shape index (κ2) is 8.09. The minimum Gasteiger partial charge on any atom is -0.457 e. The van der Waals surface area contributed by atoms with E-state index in [-0.39, 0.29) is 0 Å². The number of hydrogen-bond acceptors (Lipinski definition) is 2. The molecule has 0 saturated carbocycles. The lowest BCUT2D eigenvalue weighted by molar-refractivity contribution is 0.482. The van der Waals surface area contributed by atoms with Gasteiger partial charge in [0.25, 0.3) is 0 Å². The van der Waals surface area contributed by atoms with Crippen LogP contribution in [0.1, 0.15) is 30.9 Å². The second-order valence-electron chi connectivity index (χ2n) is 6.85. The lowest BCUT2D eigenvalue weighted by atomic mass is 10.1. The number of aryl methyl sites for hydroxylation is 1. The summed E-state index contributed by atoms with van der Waals surface area (Å²) in [6.07, 6.45) is 5.48. The molecule has 0 saturated heterocycles. The summed E-state index contributed by atoms with van der Waals surface area (Å²) in [5.74, 6) is 1.74. The third-order valence-corrected chi connectivity index (χ3v) is 4.78. The van der Waals surface area contributed by atoms with Crippen molar-refractivity contribution in [2.75, 3.05) is 0 Å². The molecular formula is C24H24N2O. The molecule has 1 aromatic heterocycles. The van der Waals surface area contributed by atoms with E-state index in [0.717, 1.165) is 35.5 Å². The van der Waals surface area contributed by atoms with E-state index < -0.39 is 0 Å². The maximum Gasteiger partial charge on any atom is 0.127 e. The average Bonchev–Trinajstić information content (AvgIpc) is 3.12. The van der Waals surface area contributed by atoms with Gasteiger partial charge in [-0.15, -0.1) is 0 Å². The molecule has 0 amide bonds. The van der Waals surface area contributed by atoms with Crippen LogP contribution in [0.5, 0.6) is 11.5 Å². The summed E-state index contributed by atoms with van der Waals surface area (Å²) in [5.41, 5.74) is 4.77. The van der Waals surface area contributed by atoms with Crippen molar-refractivity contribution in [2.45, 2.75) is 32.7 Å². The van der Waals surface area contributed by atoms with Gasteiger partial charge in [0, 0.05) is 6.54 Å². The standard InChI is InChI=1S/C24H24N2O/c1-2-3-6-19-9-13-21(14-10-19)27-22-15-11-20(12-16-22)17-26-18-25-23-7-4-5-8-24(23)26/h4-5,7-16,18H,2-3,6,17H2,1H3. The Morgan fingerprint density at radius 3 is 2.19 bits per heavy atom. The molecule has 27 heavy (non-hydrogen) atoms. The van der Waals surface area contributed by atoms with Crippen LogP contribution in [0.3, 0.4) is 0 Å². The summed E-state index contributed by atoms with van der Waals surface area (Å²) in [5, 5.41) is 0. The summed E-state index contributed by atoms with van der Waals surface area (Å²) >= 11 is 0. The molecule has 3 aromatic carbocycles. The maximum atomic E-state index is 5.98. The van der Waals surface area contributed by atoms with Crippen molar-refractivity contribution in [1.82, 2.24) is 9.55 Å². The van der Waals surface area contributed by atoms with E-state index in [1.54, 1.807) is 0 Å². The summed E-state index contributed by atoms with van der Waals surface area (Å²) < 4.78 is 8.15. The van der Waals surface area contributed by atoms with E-state index in [0.29, 0.717) is 0 Å². The fourth-order valence-corrected chi connectivity index (χ4v) is 3.24. The van der Waals surface area contributed by atoms with Crippen molar-refractivity contribution in [1.29, 1.82) is 0 Å². The summed E-state index contributed by atoms with van der Waals surface area (Å²) in [7, 11) is 0. The van der Waals surface area contributed by atoms with Crippen LogP contribution < -0.4 is 4.74 Å². The molecule has 0 aliphatic rings. The van der Waals surface area contributed by atoms with Gasteiger partial charge >= 0.3 is 0 Å². The molecule has 4 aromatic rings. The molecule has 0 fully saturated rings. The predicted molar refractivity (Wildman–Crippen MR) is 110 cm³/mol. The number of unbranched alkanes of at least 4 members (excludes halogenated alkanes) is 1. The number of aromatic nitrogens is 2. The molecular weight excluding hydrogens is 332 g/mol. The monoisotopic (exact) mass is 356 g/mol. The van der Waals surface area contributed by atoms with Gasteiger partial charge in [-0.25, -0.2) is 4.98 Å². The van der Waals surface area contributed by atoms with E-state index in [2.05, 4.69) is 58.9 Å². The van der Waals surface area contributed by atoms with Gasteiger partial charge in [-0.2, -0.15) is 0 Å².